The van der Waals surface area contributed by atoms with Crippen LogP contribution in [-0.4, -0.2) is 53.4 Å². The molecule has 0 radical (unpaired) electrons. The van der Waals surface area contributed by atoms with Crippen molar-refractivity contribution in [3.05, 3.63) is 35.9 Å². The molecule has 10 nitrogen and oxygen atoms in total. The Morgan fingerprint density at radius 1 is 0.943 bits per heavy atom. The molecule has 10 heteroatoms. The maximum atomic E-state index is 12.8. The highest BCUT2D eigenvalue weighted by atomic mass is 16.6. The van der Waals surface area contributed by atoms with E-state index in [1.165, 1.54) is 0 Å². The van der Waals surface area contributed by atoms with Gasteiger partial charge in [0.2, 0.25) is 5.91 Å². The molecule has 0 heterocycles. The third-order valence-corrected chi connectivity index (χ3v) is 4.73. The molecule has 1 aromatic rings. The standard InChI is InChI=1S/C25H39N3O7/c1-17(2)15-20(28-24(33)34-16-18-11-7-6-8-12-18)21(29)27-19(22(30)31)13-9-10-14-26-23(32)35-25(3,4)5/h6-8,11-12,17,19-20H,9-10,13-16H2,1-5H3,(H,26,32)(H,27,29)(H,28,33)(H,30,31)/t19-,20-/m0/s1. The van der Waals surface area contributed by atoms with Crippen molar-refractivity contribution in [1.82, 2.24) is 16.0 Å². The molecule has 196 valence electrons. The number of hydrogen-bond acceptors (Lipinski definition) is 6. The zero-order valence-electron chi connectivity index (χ0n) is 21.3. The highest BCUT2D eigenvalue weighted by molar-refractivity contribution is 5.89. The number of benzene rings is 1. The third-order valence-electron chi connectivity index (χ3n) is 4.73. The second-order valence-electron chi connectivity index (χ2n) is 9.71. The highest BCUT2D eigenvalue weighted by Crippen LogP contribution is 2.09. The summed E-state index contributed by atoms with van der Waals surface area (Å²) in [5.74, 6) is -1.69. The van der Waals surface area contributed by atoms with Crippen molar-refractivity contribution in [3.8, 4) is 0 Å². The predicted octanol–water partition coefficient (Wildman–Crippen LogP) is 3.59. The molecule has 1 rings (SSSR count). The SMILES string of the molecule is CC(C)C[C@H](NC(=O)OCc1ccccc1)C(=O)N[C@@H](CCCCNC(=O)OC(C)(C)C)C(=O)O. The summed E-state index contributed by atoms with van der Waals surface area (Å²) in [6.45, 7) is 9.44. The van der Waals surface area contributed by atoms with Crippen LogP contribution >= 0.6 is 0 Å². The van der Waals surface area contributed by atoms with Gasteiger partial charge in [-0.05, 0) is 57.9 Å². The summed E-state index contributed by atoms with van der Waals surface area (Å²) in [5, 5.41) is 17.2. The minimum Gasteiger partial charge on any atom is -0.480 e. The van der Waals surface area contributed by atoms with E-state index in [0.717, 1.165) is 5.56 Å². The van der Waals surface area contributed by atoms with Crippen molar-refractivity contribution in [2.75, 3.05) is 6.54 Å². The van der Waals surface area contributed by atoms with Crippen LogP contribution in [0.5, 0.6) is 0 Å². The quantitative estimate of drug-likeness (QED) is 0.308. The summed E-state index contributed by atoms with van der Waals surface area (Å²) in [6.07, 6.45) is 0.159. The summed E-state index contributed by atoms with van der Waals surface area (Å²) in [7, 11) is 0. The lowest BCUT2D eigenvalue weighted by molar-refractivity contribution is -0.142. The van der Waals surface area contributed by atoms with E-state index in [-0.39, 0.29) is 18.9 Å². The Hall–Kier alpha value is -3.30. The van der Waals surface area contributed by atoms with Crippen LogP contribution in [0.15, 0.2) is 30.3 Å². The molecule has 35 heavy (non-hydrogen) atoms. The first-order valence-corrected chi connectivity index (χ1v) is 11.8. The molecule has 0 saturated carbocycles. The summed E-state index contributed by atoms with van der Waals surface area (Å²) < 4.78 is 10.3. The molecule has 0 aromatic heterocycles. The molecular weight excluding hydrogens is 454 g/mol. The highest BCUT2D eigenvalue weighted by Gasteiger charge is 2.27. The van der Waals surface area contributed by atoms with Gasteiger partial charge in [-0.3, -0.25) is 4.79 Å². The number of rotatable bonds is 13. The number of carbonyl (C=O) groups is 4. The molecule has 2 atom stereocenters. The molecule has 1 aromatic carbocycles. The first-order chi connectivity index (χ1) is 16.4. The van der Waals surface area contributed by atoms with Crippen LogP contribution < -0.4 is 16.0 Å². The van der Waals surface area contributed by atoms with Gasteiger partial charge in [0.25, 0.3) is 0 Å². The molecule has 0 saturated heterocycles. The zero-order valence-corrected chi connectivity index (χ0v) is 21.3. The second-order valence-corrected chi connectivity index (χ2v) is 9.71. The van der Waals surface area contributed by atoms with Crippen molar-refractivity contribution >= 4 is 24.1 Å². The van der Waals surface area contributed by atoms with E-state index in [1.807, 2.05) is 44.2 Å². The Kier molecular flexibility index (Phi) is 12.6. The van der Waals surface area contributed by atoms with E-state index >= 15 is 0 Å². The number of amides is 3. The van der Waals surface area contributed by atoms with Gasteiger partial charge >= 0.3 is 18.2 Å². The smallest absolute Gasteiger partial charge is 0.408 e. The molecule has 0 aliphatic carbocycles. The Morgan fingerprint density at radius 2 is 1.60 bits per heavy atom. The van der Waals surface area contributed by atoms with Crippen molar-refractivity contribution in [2.24, 2.45) is 5.92 Å². The Labute approximate surface area is 207 Å². The van der Waals surface area contributed by atoms with E-state index in [2.05, 4.69) is 16.0 Å². The van der Waals surface area contributed by atoms with Crippen LogP contribution in [0.1, 0.15) is 65.9 Å². The molecule has 0 aliphatic heterocycles. The van der Waals surface area contributed by atoms with Gasteiger partial charge in [-0.15, -0.1) is 0 Å². The fourth-order valence-corrected chi connectivity index (χ4v) is 3.12. The largest absolute Gasteiger partial charge is 0.480 e. The maximum Gasteiger partial charge on any atom is 0.408 e. The zero-order chi connectivity index (χ0) is 26.4. The van der Waals surface area contributed by atoms with Crippen LogP contribution in [0.4, 0.5) is 9.59 Å². The fraction of sp³-hybridized carbons (Fsp3) is 0.600. The lowest BCUT2D eigenvalue weighted by Gasteiger charge is -2.22. The van der Waals surface area contributed by atoms with Gasteiger partial charge in [-0.2, -0.15) is 0 Å². The number of nitrogens with one attached hydrogen (secondary N) is 3. The van der Waals surface area contributed by atoms with Crippen molar-refractivity contribution in [1.29, 1.82) is 0 Å². The third kappa shape index (κ3) is 13.9. The van der Waals surface area contributed by atoms with Gasteiger partial charge in [0.05, 0.1) is 0 Å². The minimum absolute atomic E-state index is 0.0533. The van der Waals surface area contributed by atoms with Crippen molar-refractivity contribution in [3.63, 3.8) is 0 Å². The summed E-state index contributed by atoms with van der Waals surface area (Å²) >= 11 is 0. The van der Waals surface area contributed by atoms with Gasteiger partial charge in [0.15, 0.2) is 0 Å². The first kappa shape index (κ1) is 29.7. The van der Waals surface area contributed by atoms with Crippen molar-refractivity contribution < 1.29 is 33.8 Å². The number of ether oxygens (including phenoxy) is 2. The van der Waals surface area contributed by atoms with Gasteiger partial charge in [0.1, 0.15) is 24.3 Å². The summed E-state index contributed by atoms with van der Waals surface area (Å²) in [4.78, 5) is 48.4. The number of carboxylic acids is 1. The van der Waals surface area contributed by atoms with Crippen molar-refractivity contribution in [2.45, 2.75) is 84.6 Å². The molecule has 0 aliphatic rings. The van der Waals surface area contributed by atoms with E-state index in [4.69, 9.17) is 9.47 Å². The van der Waals surface area contributed by atoms with E-state index in [1.54, 1.807) is 20.8 Å². The molecule has 4 N–H and O–H groups in total. The van der Waals surface area contributed by atoms with E-state index in [9.17, 15) is 24.3 Å². The van der Waals surface area contributed by atoms with Gasteiger partial charge < -0.3 is 30.5 Å². The number of hydrogen-bond donors (Lipinski definition) is 4. The maximum absolute atomic E-state index is 12.8. The minimum atomic E-state index is -1.17. The molecule has 3 amide bonds. The Balaban J connectivity index is 2.54. The molecule has 0 unspecified atom stereocenters. The Bertz CT molecular complexity index is 822. The number of carboxylic acid groups (broad SMARTS) is 1. The van der Waals surface area contributed by atoms with Gasteiger partial charge in [0, 0.05) is 6.54 Å². The number of aliphatic carboxylic acids is 1. The number of carbonyl (C=O) groups excluding carboxylic acids is 3. The number of unbranched alkanes of at least 4 members (excludes halogenated alkanes) is 1. The first-order valence-electron chi connectivity index (χ1n) is 11.8. The van der Waals surface area contributed by atoms with Gasteiger partial charge in [-0.25, -0.2) is 14.4 Å². The van der Waals surface area contributed by atoms with E-state index < -0.39 is 41.7 Å². The average molecular weight is 494 g/mol. The Morgan fingerprint density at radius 3 is 2.17 bits per heavy atom. The topological polar surface area (TPSA) is 143 Å². The normalized spacial score (nSPS) is 12.9. The lowest BCUT2D eigenvalue weighted by Crippen LogP contribution is -2.52. The molecular formula is C25H39N3O7. The number of alkyl carbamates (subject to hydrolysis) is 2. The van der Waals surface area contributed by atoms with Gasteiger partial charge in [-0.1, -0.05) is 44.2 Å². The van der Waals surface area contributed by atoms with Crippen LogP contribution in [0.3, 0.4) is 0 Å². The molecule has 0 fully saturated rings. The fourth-order valence-electron chi connectivity index (χ4n) is 3.12. The monoisotopic (exact) mass is 493 g/mol. The van der Waals surface area contributed by atoms with E-state index in [0.29, 0.717) is 25.8 Å². The summed E-state index contributed by atoms with van der Waals surface area (Å²) in [5.41, 5.74) is 0.205. The molecule has 0 spiro atoms. The van der Waals surface area contributed by atoms with Crippen LogP contribution in [-0.2, 0) is 25.7 Å². The predicted molar refractivity (Wildman–Crippen MR) is 131 cm³/mol. The summed E-state index contributed by atoms with van der Waals surface area (Å²) in [6, 6.07) is 7.06. The van der Waals surface area contributed by atoms with Crippen LogP contribution in [0.2, 0.25) is 0 Å². The second kappa shape index (κ2) is 14.9. The average Bonchev–Trinajstić information content (AvgIpc) is 2.75. The van der Waals surface area contributed by atoms with Crippen LogP contribution in [0, 0.1) is 5.92 Å². The van der Waals surface area contributed by atoms with Crippen LogP contribution in [0.25, 0.3) is 0 Å². The lowest BCUT2D eigenvalue weighted by atomic mass is 10.0. The molecule has 0 bridgehead atoms.